The topological polar surface area (TPSA) is 86.7 Å². The molecule has 0 bridgehead atoms. The van der Waals surface area contributed by atoms with Gasteiger partial charge in [0.25, 0.3) is 5.91 Å². The minimum atomic E-state index is -0.315. The third kappa shape index (κ3) is 5.21. The molecule has 4 aromatic rings. The highest BCUT2D eigenvalue weighted by Crippen LogP contribution is 2.29. The lowest BCUT2D eigenvalue weighted by atomic mass is 10.1. The van der Waals surface area contributed by atoms with Gasteiger partial charge < -0.3 is 23.7 Å². The number of para-hydroxylation sites is 1. The minimum absolute atomic E-state index is 0.207. The summed E-state index contributed by atoms with van der Waals surface area (Å²) in [4.78, 5) is 12.5. The van der Waals surface area contributed by atoms with Crippen molar-refractivity contribution in [3.63, 3.8) is 0 Å². The van der Waals surface area contributed by atoms with Gasteiger partial charge in [-0.15, -0.1) is 0 Å². The number of benzene rings is 2. The quantitative estimate of drug-likeness (QED) is 0.428. The molecule has 0 spiro atoms. The predicted molar refractivity (Wildman–Crippen MR) is 113 cm³/mol. The van der Waals surface area contributed by atoms with Crippen LogP contribution in [-0.4, -0.2) is 18.2 Å². The van der Waals surface area contributed by atoms with Crippen molar-refractivity contribution in [1.29, 1.82) is 0 Å². The van der Waals surface area contributed by atoms with Gasteiger partial charge in [0.1, 0.15) is 18.1 Å². The van der Waals surface area contributed by atoms with Crippen LogP contribution in [0, 0.1) is 0 Å². The van der Waals surface area contributed by atoms with Crippen molar-refractivity contribution in [3.05, 3.63) is 95.6 Å². The normalized spacial score (nSPS) is 10.7. The van der Waals surface area contributed by atoms with Crippen LogP contribution in [-0.2, 0) is 24.5 Å². The third-order valence-electron chi connectivity index (χ3n) is 4.65. The van der Waals surface area contributed by atoms with Gasteiger partial charge in [0.05, 0.1) is 25.5 Å². The Balaban J connectivity index is 1.33. The van der Waals surface area contributed by atoms with Crippen LogP contribution in [0.2, 0.25) is 0 Å². The average molecular weight is 418 g/mol. The zero-order valence-corrected chi connectivity index (χ0v) is 17.0. The van der Waals surface area contributed by atoms with Crippen LogP contribution in [0.15, 0.2) is 81.9 Å². The highest BCUT2D eigenvalue weighted by Gasteiger charge is 2.16. The number of furan rings is 1. The van der Waals surface area contributed by atoms with Gasteiger partial charge in [0, 0.05) is 12.6 Å². The number of carbonyl (C=O) groups is 1. The van der Waals surface area contributed by atoms with Gasteiger partial charge in [-0.25, -0.2) is 0 Å². The van der Waals surface area contributed by atoms with Crippen LogP contribution in [0.4, 0.5) is 0 Å². The van der Waals surface area contributed by atoms with Gasteiger partial charge in [0.15, 0.2) is 11.5 Å². The van der Waals surface area contributed by atoms with Crippen LogP contribution in [0.5, 0.6) is 5.75 Å². The van der Waals surface area contributed by atoms with Crippen LogP contribution in [0.25, 0.3) is 11.3 Å². The molecular formula is C24H22N2O5. The number of aromatic nitrogens is 1. The molecule has 0 aliphatic heterocycles. The third-order valence-corrected chi connectivity index (χ3v) is 4.65. The molecule has 0 aliphatic rings. The fourth-order valence-corrected chi connectivity index (χ4v) is 3.12. The van der Waals surface area contributed by atoms with E-state index in [-0.39, 0.29) is 11.6 Å². The number of hydrogen-bond acceptors (Lipinski definition) is 6. The molecule has 7 heteroatoms. The van der Waals surface area contributed by atoms with Crippen LogP contribution >= 0.6 is 0 Å². The van der Waals surface area contributed by atoms with Crippen molar-refractivity contribution in [2.75, 3.05) is 7.11 Å². The molecule has 2 heterocycles. The molecule has 0 radical (unpaired) electrons. The van der Waals surface area contributed by atoms with Crippen LogP contribution in [0.3, 0.4) is 0 Å². The first kappa shape index (κ1) is 20.4. The minimum Gasteiger partial charge on any atom is -0.496 e. The standard InChI is InChI=1S/C24H22N2O5/c1-28-22-10-3-2-9-20(22)23-13-21(26-31-23)24(27)25-14-17-6-4-7-18(12-17)15-29-16-19-8-5-11-30-19/h2-13H,14-16H2,1H3,(H,25,27). The molecule has 0 fully saturated rings. The van der Waals surface area contributed by atoms with Gasteiger partial charge in [-0.3, -0.25) is 4.79 Å². The summed E-state index contributed by atoms with van der Waals surface area (Å²) in [6.07, 6.45) is 1.62. The van der Waals surface area contributed by atoms with E-state index in [1.165, 1.54) is 0 Å². The maximum Gasteiger partial charge on any atom is 0.273 e. The number of hydrogen-bond donors (Lipinski definition) is 1. The maximum absolute atomic E-state index is 12.5. The number of methoxy groups -OCH3 is 1. The second kappa shape index (κ2) is 9.77. The highest BCUT2D eigenvalue weighted by molar-refractivity contribution is 5.93. The van der Waals surface area contributed by atoms with Crippen LogP contribution < -0.4 is 10.1 Å². The Hall–Kier alpha value is -3.84. The number of nitrogens with zero attached hydrogens (tertiary/aromatic N) is 1. The van der Waals surface area contributed by atoms with Gasteiger partial charge in [-0.05, 0) is 35.4 Å². The first-order valence-electron chi connectivity index (χ1n) is 9.79. The smallest absolute Gasteiger partial charge is 0.273 e. The van der Waals surface area contributed by atoms with Crippen molar-refractivity contribution >= 4 is 5.91 Å². The fourth-order valence-electron chi connectivity index (χ4n) is 3.12. The summed E-state index contributed by atoms with van der Waals surface area (Å²) in [5, 5.41) is 6.76. The van der Waals surface area contributed by atoms with Gasteiger partial charge in [-0.1, -0.05) is 41.6 Å². The lowest BCUT2D eigenvalue weighted by Gasteiger charge is -2.07. The van der Waals surface area contributed by atoms with Crippen molar-refractivity contribution in [3.8, 4) is 17.1 Å². The van der Waals surface area contributed by atoms with E-state index in [0.717, 1.165) is 22.5 Å². The Morgan fingerprint density at radius 1 is 1.00 bits per heavy atom. The van der Waals surface area contributed by atoms with Crippen molar-refractivity contribution in [2.24, 2.45) is 0 Å². The van der Waals surface area contributed by atoms with Gasteiger partial charge in [0.2, 0.25) is 0 Å². The second-order valence-corrected chi connectivity index (χ2v) is 6.85. The molecule has 0 atom stereocenters. The van der Waals surface area contributed by atoms with E-state index in [9.17, 15) is 4.79 Å². The Morgan fingerprint density at radius 3 is 2.71 bits per heavy atom. The molecule has 2 aromatic heterocycles. The molecule has 2 aromatic carbocycles. The molecule has 7 nitrogen and oxygen atoms in total. The van der Waals surface area contributed by atoms with E-state index in [2.05, 4.69) is 10.5 Å². The number of amides is 1. The Kier molecular flexibility index (Phi) is 6.44. The Labute approximate surface area is 179 Å². The highest BCUT2D eigenvalue weighted by atomic mass is 16.5. The molecule has 158 valence electrons. The molecule has 0 unspecified atom stereocenters. The zero-order valence-electron chi connectivity index (χ0n) is 17.0. The lowest BCUT2D eigenvalue weighted by Crippen LogP contribution is -2.23. The molecule has 0 saturated carbocycles. The van der Waals surface area contributed by atoms with Crippen molar-refractivity contribution < 1.29 is 23.2 Å². The number of carbonyl (C=O) groups excluding carboxylic acids is 1. The zero-order chi connectivity index (χ0) is 21.5. The van der Waals surface area contributed by atoms with Crippen molar-refractivity contribution in [1.82, 2.24) is 10.5 Å². The van der Waals surface area contributed by atoms with E-state index in [0.29, 0.717) is 31.3 Å². The molecule has 1 amide bonds. The summed E-state index contributed by atoms with van der Waals surface area (Å²) in [7, 11) is 1.58. The first-order valence-corrected chi connectivity index (χ1v) is 9.79. The predicted octanol–water partition coefficient (Wildman–Crippen LogP) is 4.59. The summed E-state index contributed by atoms with van der Waals surface area (Å²) in [6, 6.07) is 20.5. The Bertz CT molecular complexity index is 1130. The molecule has 0 aliphatic carbocycles. The van der Waals surface area contributed by atoms with Crippen molar-refractivity contribution in [2.45, 2.75) is 19.8 Å². The summed E-state index contributed by atoms with van der Waals surface area (Å²) in [5.41, 5.74) is 2.91. The molecule has 31 heavy (non-hydrogen) atoms. The maximum atomic E-state index is 12.5. The molecule has 4 rings (SSSR count). The van der Waals surface area contributed by atoms with E-state index in [1.54, 1.807) is 19.4 Å². The van der Waals surface area contributed by atoms with E-state index < -0.39 is 0 Å². The molecule has 1 N–H and O–H groups in total. The van der Waals surface area contributed by atoms with E-state index in [1.807, 2.05) is 60.7 Å². The van der Waals surface area contributed by atoms with E-state index in [4.69, 9.17) is 18.4 Å². The summed E-state index contributed by atoms with van der Waals surface area (Å²) < 4.78 is 21.6. The Morgan fingerprint density at radius 2 is 1.87 bits per heavy atom. The van der Waals surface area contributed by atoms with Gasteiger partial charge in [-0.2, -0.15) is 0 Å². The summed E-state index contributed by atoms with van der Waals surface area (Å²) >= 11 is 0. The van der Waals surface area contributed by atoms with E-state index >= 15 is 0 Å². The number of nitrogens with one attached hydrogen (secondary N) is 1. The molecule has 0 saturated heterocycles. The van der Waals surface area contributed by atoms with Crippen LogP contribution in [0.1, 0.15) is 27.4 Å². The summed E-state index contributed by atoms with van der Waals surface area (Å²) in [6.45, 7) is 1.23. The lowest BCUT2D eigenvalue weighted by molar-refractivity contribution is 0.0928. The average Bonchev–Trinajstić information content (AvgIpc) is 3.50. The monoisotopic (exact) mass is 418 g/mol. The number of rotatable bonds is 9. The largest absolute Gasteiger partial charge is 0.496 e. The second-order valence-electron chi connectivity index (χ2n) is 6.85. The van der Waals surface area contributed by atoms with Gasteiger partial charge >= 0.3 is 0 Å². The summed E-state index contributed by atoms with van der Waals surface area (Å²) in [5.74, 6) is 1.59. The fraction of sp³-hybridized carbons (Fsp3) is 0.167. The SMILES string of the molecule is COc1ccccc1-c1cc(C(=O)NCc2cccc(COCc3ccco3)c2)no1. The number of ether oxygens (including phenoxy) is 2. The molecular weight excluding hydrogens is 396 g/mol. The first-order chi connectivity index (χ1) is 15.2.